The minimum Gasteiger partial charge on any atom is -0.375 e. The summed E-state index contributed by atoms with van der Waals surface area (Å²) in [5.74, 6) is 1.60. The van der Waals surface area contributed by atoms with Gasteiger partial charge >= 0.3 is 0 Å². The molecule has 0 radical (unpaired) electrons. The molecule has 0 bridgehead atoms. The molecule has 2 rings (SSSR count). The Hall–Kier alpha value is -0.870. The van der Waals surface area contributed by atoms with Gasteiger partial charge < -0.3 is 9.64 Å². The van der Waals surface area contributed by atoms with Gasteiger partial charge in [0.25, 0.3) is 0 Å². The van der Waals surface area contributed by atoms with Crippen molar-refractivity contribution in [2.45, 2.75) is 20.0 Å². The minimum atomic E-state index is 0.243. The average Bonchev–Trinajstić information content (AvgIpc) is 2.16. The minimum absolute atomic E-state index is 0.243. The van der Waals surface area contributed by atoms with Crippen molar-refractivity contribution in [3.63, 3.8) is 0 Å². The lowest BCUT2D eigenvalue weighted by Crippen LogP contribution is -2.41. The molecule has 0 spiro atoms. The molecule has 1 aromatic rings. The molecule has 1 atom stereocenters. The Morgan fingerprint density at radius 3 is 3.00 bits per heavy atom. The zero-order valence-electron chi connectivity index (χ0n) is 8.90. The number of aromatic nitrogens is 2. The predicted molar refractivity (Wildman–Crippen MR) is 59.4 cm³/mol. The summed E-state index contributed by atoms with van der Waals surface area (Å²) >= 11 is 5.90. The molecule has 0 amide bonds. The van der Waals surface area contributed by atoms with E-state index in [9.17, 15) is 0 Å². The van der Waals surface area contributed by atoms with Crippen LogP contribution >= 0.6 is 11.6 Å². The van der Waals surface area contributed by atoms with Crippen molar-refractivity contribution in [3.05, 3.63) is 17.0 Å². The molecular weight excluding hydrogens is 214 g/mol. The summed E-state index contributed by atoms with van der Waals surface area (Å²) in [4.78, 5) is 10.6. The van der Waals surface area contributed by atoms with Crippen LogP contribution < -0.4 is 4.90 Å². The third-order valence-electron chi connectivity index (χ3n) is 2.36. The lowest BCUT2D eigenvalue weighted by Gasteiger charge is -2.32. The maximum absolute atomic E-state index is 5.90. The summed E-state index contributed by atoms with van der Waals surface area (Å²) < 4.78 is 5.47. The van der Waals surface area contributed by atoms with Gasteiger partial charge in [-0.05, 0) is 13.8 Å². The number of hydrogen-bond donors (Lipinski definition) is 0. The highest BCUT2D eigenvalue weighted by Gasteiger charge is 2.18. The van der Waals surface area contributed by atoms with E-state index >= 15 is 0 Å². The Kier molecular flexibility index (Phi) is 3.07. The van der Waals surface area contributed by atoms with Crippen molar-refractivity contribution in [3.8, 4) is 0 Å². The molecule has 5 heteroatoms. The Morgan fingerprint density at radius 1 is 1.53 bits per heavy atom. The Balaban J connectivity index is 2.20. The van der Waals surface area contributed by atoms with Gasteiger partial charge in [-0.15, -0.1) is 0 Å². The van der Waals surface area contributed by atoms with Gasteiger partial charge in [0, 0.05) is 19.2 Å². The van der Waals surface area contributed by atoms with Crippen molar-refractivity contribution in [1.29, 1.82) is 0 Å². The molecular formula is C10H14ClN3O. The highest BCUT2D eigenvalue weighted by molar-refractivity contribution is 6.29. The SMILES string of the molecule is Cc1nc(Cl)cc(N2CCOC(C)C2)n1. The highest BCUT2D eigenvalue weighted by Crippen LogP contribution is 2.18. The van der Waals surface area contributed by atoms with Crippen LogP contribution in [-0.4, -0.2) is 35.8 Å². The standard InChI is InChI=1S/C10H14ClN3O/c1-7-6-14(3-4-15-7)10-5-9(11)12-8(2)13-10/h5,7H,3-4,6H2,1-2H3. The first kappa shape index (κ1) is 10.6. The van der Waals surface area contributed by atoms with E-state index in [-0.39, 0.29) is 6.10 Å². The van der Waals surface area contributed by atoms with Gasteiger partial charge in [0.1, 0.15) is 16.8 Å². The predicted octanol–water partition coefficient (Wildman–Crippen LogP) is 1.66. The molecule has 82 valence electrons. The normalized spacial score (nSPS) is 21.8. The first-order valence-electron chi connectivity index (χ1n) is 5.03. The topological polar surface area (TPSA) is 38.2 Å². The number of morpholine rings is 1. The lowest BCUT2D eigenvalue weighted by atomic mass is 10.3. The number of nitrogens with zero attached hydrogens (tertiary/aromatic N) is 3. The number of hydrogen-bond acceptors (Lipinski definition) is 4. The number of aryl methyl sites for hydroxylation is 1. The third kappa shape index (κ3) is 2.58. The molecule has 0 saturated carbocycles. The van der Waals surface area contributed by atoms with Gasteiger partial charge in [-0.3, -0.25) is 0 Å². The molecule has 15 heavy (non-hydrogen) atoms. The summed E-state index contributed by atoms with van der Waals surface area (Å²) in [5.41, 5.74) is 0. The van der Waals surface area contributed by atoms with Crippen molar-refractivity contribution >= 4 is 17.4 Å². The molecule has 1 aliphatic rings. The summed E-state index contributed by atoms with van der Waals surface area (Å²) in [6, 6.07) is 1.80. The van der Waals surface area contributed by atoms with Crippen LogP contribution in [0.2, 0.25) is 5.15 Å². The molecule has 2 heterocycles. The van der Waals surface area contributed by atoms with Crippen LogP contribution in [-0.2, 0) is 4.74 Å². The summed E-state index contributed by atoms with van der Waals surface area (Å²) in [6.07, 6.45) is 0.243. The van der Waals surface area contributed by atoms with E-state index in [4.69, 9.17) is 16.3 Å². The zero-order chi connectivity index (χ0) is 10.8. The van der Waals surface area contributed by atoms with Gasteiger partial charge in [0.2, 0.25) is 0 Å². The van der Waals surface area contributed by atoms with Crippen LogP contribution in [0.4, 0.5) is 5.82 Å². The van der Waals surface area contributed by atoms with E-state index in [1.54, 1.807) is 6.07 Å². The second-order valence-corrected chi connectivity index (χ2v) is 4.11. The maximum Gasteiger partial charge on any atom is 0.134 e. The molecule has 1 fully saturated rings. The fourth-order valence-electron chi connectivity index (χ4n) is 1.70. The van der Waals surface area contributed by atoms with Crippen LogP contribution in [0.3, 0.4) is 0 Å². The summed E-state index contributed by atoms with van der Waals surface area (Å²) in [5, 5.41) is 0.497. The zero-order valence-corrected chi connectivity index (χ0v) is 9.66. The number of rotatable bonds is 1. The van der Waals surface area contributed by atoms with E-state index in [0.29, 0.717) is 11.0 Å². The van der Waals surface area contributed by atoms with Gasteiger partial charge in [0.15, 0.2) is 0 Å². The highest BCUT2D eigenvalue weighted by atomic mass is 35.5. The van der Waals surface area contributed by atoms with Crippen LogP contribution in [0.5, 0.6) is 0 Å². The van der Waals surface area contributed by atoms with Crippen molar-refractivity contribution in [1.82, 2.24) is 9.97 Å². The quantitative estimate of drug-likeness (QED) is 0.684. The van der Waals surface area contributed by atoms with E-state index in [0.717, 1.165) is 25.5 Å². The van der Waals surface area contributed by atoms with Gasteiger partial charge in [0.05, 0.1) is 12.7 Å². The summed E-state index contributed by atoms with van der Waals surface area (Å²) in [7, 11) is 0. The second kappa shape index (κ2) is 4.33. The van der Waals surface area contributed by atoms with E-state index < -0.39 is 0 Å². The van der Waals surface area contributed by atoms with Crippen molar-refractivity contribution in [2.24, 2.45) is 0 Å². The first-order chi connectivity index (χ1) is 7.15. The largest absolute Gasteiger partial charge is 0.375 e. The van der Waals surface area contributed by atoms with Gasteiger partial charge in [-0.2, -0.15) is 0 Å². The molecule has 0 N–H and O–H groups in total. The van der Waals surface area contributed by atoms with E-state index in [1.165, 1.54) is 0 Å². The smallest absolute Gasteiger partial charge is 0.134 e. The second-order valence-electron chi connectivity index (χ2n) is 3.72. The molecule has 1 unspecified atom stereocenters. The monoisotopic (exact) mass is 227 g/mol. The first-order valence-corrected chi connectivity index (χ1v) is 5.40. The molecule has 0 aromatic carbocycles. The Bertz CT molecular complexity index is 338. The molecule has 1 aliphatic heterocycles. The molecule has 0 aliphatic carbocycles. The lowest BCUT2D eigenvalue weighted by molar-refractivity contribution is 0.0529. The maximum atomic E-state index is 5.90. The Morgan fingerprint density at radius 2 is 2.33 bits per heavy atom. The number of ether oxygens (including phenoxy) is 1. The third-order valence-corrected chi connectivity index (χ3v) is 2.55. The Labute approximate surface area is 94.2 Å². The van der Waals surface area contributed by atoms with Crippen LogP contribution in [0.15, 0.2) is 6.07 Å². The average molecular weight is 228 g/mol. The van der Waals surface area contributed by atoms with E-state index in [2.05, 4.69) is 21.8 Å². The number of halogens is 1. The van der Waals surface area contributed by atoms with E-state index in [1.807, 2.05) is 6.92 Å². The summed E-state index contributed by atoms with van der Waals surface area (Å²) in [6.45, 7) is 6.35. The van der Waals surface area contributed by atoms with Gasteiger partial charge in [-0.25, -0.2) is 9.97 Å². The number of anilines is 1. The fraction of sp³-hybridized carbons (Fsp3) is 0.600. The molecule has 1 aromatic heterocycles. The van der Waals surface area contributed by atoms with Crippen LogP contribution in [0.1, 0.15) is 12.7 Å². The van der Waals surface area contributed by atoms with Crippen LogP contribution in [0.25, 0.3) is 0 Å². The fourth-order valence-corrected chi connectivity index (χ4v) is 1.92. The van der Waals surface area contributed by atoms with Crippen molar-refractivity contribution in [2.75, 3.05) is 24.6 Å². The molecule has 4 nitrogen and oxygen atoms in total. The van der Waals surface area contributed by atoms with Gasteiger partial charge in [-0.1, -0.05) is 11.6 Å². The van der Waals surface area contributed by atoms with Crippen molar-refractivity contribution < 1.29 is 4.74 Å². The molecule has 1 saturated heterocycles. The van der Waals surface area contributed by atoms with Crippen LogP contribution in [0, 0.1) is 6.92 Å².